The maximum atomic E-state index is 4.93. The van der Waals surface area contributed by atoms with Crippen molar-refractivity contribution in [3.05, 3.63) is 78.4 Å². The minimum atomic E-state index is 1.03. The zero-order chi connectivity index (χ0) is 14.2. The summed E-state index contributed by atoms with van der Waals surface area (Å²) in [5.74, 6) is 0. The van der Waals surface area contributed by atoms with Crippen molar-refractivity contribution in [3.63, 3.8) is 0 Å². The third-order valence-electron chi connectivity index (χ3n) is 3.98. The van der Waals surface area contributed by atoms with Crippen LogP contribution in [-0.2, 0) is 0 Å². The molecule has 0 saturated heterocycles. The van der Waals surface area contributed by atoms with Gasteiger partial charge in [0.05, 0.1) is 11.2 Å². The first-order valence-corrected chi connectivity index (χ1v) is 7.17. The Morgan fingerprint density at radius 3 is 2.33 bits per heavy atom. The highest BCUT2D eigenvalue weighted by Crippen LogP contribution is 2.29. The van der Waals surface area contributed by atoms with Gasteiger partial charge in [0, 0.05) is 16.3 Å². The molecule has 21 heavy (non-hydrogen) atoms. The Balaban J connectivity index is 2.08. The molecule has 0 fully saturated rings. The van der Waals surface area contributed by atoms with Crippen LogP contribution >= 0.6 is 0 Å². The third kappa shape index (κ3) is 1.98. The maximum Gasteiger partial charge on any atom is 0.0790 e. The summed E-state index contributed by atoms with van der Waals surface area (Å²) < 4.78 is 0. The van der Waals surface area contributed by atoms with E-state index in [2.05, 4.69) is 73.7 Å². The molecule has 1 heterocycles. The molecule has 0 amide bonds. The number of rotatable bonds is 1. The summed E-state index contributed by atoms with van der Waals surface area (Å²) >= 11 is 0. The van der Waals surface area contributed by atoms with Crippen LogP contribution in [0.4, 0.5) is 0 Å². The number of fused-ring (bicyclic) bond motifs is 3. The first kappa shape index (κ1) is 12.1. The van der Waals surface area contributed by atoms with Crippen LogP contribution in [-0.4, -0.2) is 4.98 Å². The lowest BCUT2D eigenvalue weighted by Crippen LogP contribution is -1.89. The Kier molecular flexibility index (Phi) is 2.71. The van der Waals surface area contributed by atoms with Gasteiger partial charge in [-0.25, -0.2) is 4.98 Å². The van der Waals surface area contributed by atoms with E-state index in [1.54, 1.807) is 0 Å². The zero-order valence-corrected chi connectivity index (χ0v) is 11.9. The van der Waals surface area contributed by atoms with Crippen molar-refractivity contribution in [2.45, 2.75) is 6.92 Å². The van der Waals surface area contributed by atoms with Crippen molar-refractivity contribution in [2.24, 2.45) is 0 Å². The van der Waals surface area contributed by atoms with Gasteiger partial charge in [-0.1, -0.05) is 66.7 Å². The average Bonchev–Trinajstić information content (AvgIpc) is 2.55. The summed E-state index contributed by atoms with van der Waals surface area (Å²) in [5, 5.41) is 3.70. The predicted octanol–water partition coefficient (Wildman–Crippen LogP) is 5.36. The monoisotopic (exact) mass is 269 g/mol. The molecule has 100 valence electrons. The molecule has 0 aliphatic rings. The molecule has 0 spiro atoms. The number of aromatic nitrogens is 1. The molecule has 3 aromatic carbocycles. The first-order valence-electron chi connectivity index (χ1n) is 7.17. The minimum Gasteiger partial charge on any atom is -0.247 e. The molecule has 1 aromatic heterocycles. The fourth-order valence-electron chi connectivity index (χ4n) is 2.90. The first-order chi connectivity index (χ1) is 10.3. The van der Waals surface area contributed by atoms with E-state index >= 15 is 0 Å². The molecular formula is C20H15N. The Morgan fingerprint density at radius 2 is 1.48 bits per heavy atom. The third-order valence-corrected chi connectivity index (χ3v) is 3.98. The van der Waals surface area contributed by atoms with Gasteiger partial charge in [0.25, 0.3) is 0 Å². The molecule has 0 bridgehead atoms. The quantitative estimate of drug-likeness (QED) is 0.424. The Hall–Kier alpha value is -2.67. The second kappa shape index (κ2) is 4.71. The van der Waals surface area contributed by atoms with Crippen LogP contribution in [0.2, 0.25) is 0 Å². The van der Waals surface area contributed by atoms with Crippen molar-refractivity contribution < 1.29 is 0 Å². The standard InChI is InChI=1S/C20H15N/c1-14-13-16-9-5-6-10-18(16)20-17(14)11-12-19(21-20)15-7-3-2-4-8-15/h2-13H,1H3. The summed E-state index contributed by atoms with van der Waals surface area (Å²) in [4.78, 5) is 4.93. The lowest BCUT2D eigenvalue weighted by molar-refractivity contribution is 1.40. The lowest BCUT2D eigenvalue weighted by atomic mass is 10.0. The number of hydrogen-bond acceptors (Lipinski definition) is 1. The van der Waals surface area contributed by atoms with Gasteiger partial charge in [0.1, 0.15) is 0 Å². The SMILES string of the molecule is Cc1cc2ccccc2c2nc(-c3ccccc3)ccc12. The van der Waals surface area contributed by atoms with Gasteiger partial charge in [-0.3, -0.25) is 0 Å². The largest absolute Gasteiger partial charge is 0.247 e. The summed E-state index contributed by atoms with van der Waals surface area (Å²) in [6.45, 7) is 2.15. The normalized spacial score (nSPS) is 11.1. The van der Waals surface area contributed by atoms with Gasteiger partial charge in [0.2, 0.25) is 0 Å². The Labute approximate surface area is 123 Å². The van der Waals surface area contributed by atoms with Crippen molar-refractivity contribution in [3.8, 4) is 11.3 Å². The molecule has 1 nitrogen and oxygen atoms in total. The molecule has 4 rings (SSSR count). The van der Waals surface area contributed by atoms with E-state index in [0.29, 0.717) is 0 Å². The van der Waals surface area contributed by atoms with Gasteiger partial charge >= 0.3 is 0 Å². The maximum absolute atomic E-state index is 4.93. The molecule has 1 heteroatoms. The van der Waals surface area contributed by atoms with Gasteiger partial charge in [0.15, 0.2) is 0 Å². The highest BCUT2D eigenvalue weighted by atomic mass is 14.7. The van der Waals surface area contributed by atoms with E-state index in [0.717, 1.165) is 16.8 Å². The highest BCUT2D eigenvalue weighted by molar-refractivity contribution is 6.07. The van der Waals surface area contributed by atoms with Crippen LogP contribution in [0.5, 0.6) is 0 Å². The molecule has 0 aliphatic carbocycles. The molecule has 0 unspecified atom stereocenters. The van der Waals surface area contributed by atoms with Crippen LogP contribution < -0.4 is 0 Å². The van der Waals surface area contributed by atoms with Gasteiger partial charge < -0.3 is 0 Å². The second-order valence-electron chi connectivity index (χ2n) is 5.37. The molecule has 4 aromatic rings. The number of pyridine rings is 1. The highest BCUT2D eigenvalue weighted by Gasteiger charge is 2.07. The Bertz CT molecular complexity index is 940. The van der Waals surface area contributed by atoms with Crippen LogP contribution in [0.3, 0.4) is 0 Å². The van der Waals surface area contributed by atoms with Gasteiger partial charge in [-0.2, -0.15) is 0 Å². The smallest absolute Gasteiger partial charge is 0.0790 e. The van der Waals surface area contributed by atoms with Crippen LogP contribution in [0.15, 0.2) is 72.8 Å². The number of benzene rings is 3. The van der Waals surface area contributed by atoms with E-state index in [4.69, 9.17) is 4.98 Å². The molecule has 0 atom stereocenters. The second-order valence-corrected chi connectivity index (χ2v) is 5.37. The van der Waals surface area contributed by atoms with Gasteiger partial charge in [-0.05, 0) is 23.9 Å². The number of aryl methyl sites for hydroxylation is 1. The summed E-state index contributed by atoms with van der Waals surface area (Å²) in [5.41, 5.74) is 4.55. The van der Waals surface area contributed by atoms with Crippen molar-refractivity contribution in [1.82, 2.24) is 4.98 Å². The van der Waals surface area contributed by atoms with Crippen LogP contribution in [0.1, 0.15) is 5.56 Å². The van der Waals surface area contributed by atoms with Crippen molar-refractivity contribution in [2.75, 3.05) is 0 Å². The summed E-state index contributed by atoms with van der Waals surface area (Å²) in [6, 6.07) is 25.3. The van der Waals surface area contributed by atoms with E-state index in [9.17, 15) is 0 Å². The fraction of sp³-hybridized carbons (Fsp3) is 0.0500. The molecule has 0 aliphatic heterocycles. The molecule has 0 radical (unpaired) electrons. The number of nitrogens with zero attached hydrogens (tertiary/aromatic N) is 1. The van der Waals surface area contributed by atoms with E-state index < -0.39 is 0 Å². The van der Waals surface area contributed by atoms with Crippen LogP contribution in [0.25, 0.3) is 32.9 Å². The predicted molar refractivity (Wildman–Crippen MR) is 89.4 cm³/mol. The molecule has 0 N–H and O–H groups in total. The zero-order valence-electron chi connectivity index (χ0n) is 11.9. The lowest BCUT2D eigenvalue weighted by Gasteiger charge is -2.09. The fourth-order valence-corrected chi connectivity index (χ4v) is 2.90. The van der Waals surface area contributed by atoms with Crippen LogP contribution in [0, 0.1) is 6.92 Å². The van der Waals surface area contributed by atoms with Gasteiger partial charge in [-0.15, -0.1) is 0 Å². The van der Waals surface area contributed by atoms with E-state index in [1.807, 2.05) is 6.07 Å². The van der Waals surface area contributed by atoms with Crippen molar-refractivity contribution >= 4 is 21.7 Å². The number of hydrogen-bond donors (Lipinski definition) is 0. The minimum absolute atomic E-state index is 1.03. The molecule has 0 saturated carbocycles. The van der Waals surface area contributed by atoms with Crippen molar-refractivity contribution in [1.29, 1.82) is 0 Å². The Morgan fingerprint density at radius 1 is 0.714 bits per heavy atom. The average molecular weight is 269 g/mol. The van der Waals surface area contributed by atoms with E-state index in [1.165, 1.54) is 21.7 Å². The topological polar surface area (TPSA) is 12.9 Å². The van der Waals surface area contributed by atoms with E-state index in [-0.39, 0.29) is 0 Å². The summed E-state index contributed by atoms with van der Waals surface area (Å²) in [6.07, 6.45) is 0. The summed E-state index contributed by atoms with van der Waals surface area (Å²) in [7, 11) is 0. The molecular weight excluding hydrogens is 254 g/mol.